The van der Waals surface area contributed by atoms with E-state index in [-0.39, 0.29) is 0 Å². The lowest BCUT2D eigenvalue weighted by Gasteiger charge is -2.31. The number of alkyl halides is 2. The first-order chi connectivity index (χ1) is 9.47. The van der Waals surface area contributed by atoms with Gasteiger partial charge in [0.2, 0.25) is 0 Å². The van der Waals surface area contributed by atoms with Crippen molar-refractivity contribution >= 4 is 67.8 Å². The third-order valence-electron chi connectivity index (χ3n) is 4.52. The summed E-state index contributed by atoms with van der Waals surface area (Å²) >= 11 is 7.47. The topological polar surface area (TPSA) is 0 Å². The molecule has 2 unspecified atom stereocenters. The zero-order valence-corrected chi connectivity index (χ0v) is 18.9. The van der Waals surface area contributed by atoms with Crippen molar-refractivity contribution in [3.05, 3.63) is 34.0 Å². The highest BCUT2D eigenvalue weighted by Gasteiger charge is 2.44. The first-order valence-corrected chi connectivity index (χ1v) is 11.4. The molecule has 20 heavy (non-hydrogen) atoms. The molecule has 0 N–H and O–H groups in total. The van der Waals surface area contributed by atoms with E-state index in [0.29, 0.717) is 5.41 Å². The summed E-state index contributed by atoms with van der Waals surface area (Å²) in [6, 6.07) is 0. The molecule has 1 aliphatic carbocycles. The molecule has 0 aliphatic heterocycles. The van der Waals surface area contributed by atoms with Gasteiger partial charge in [0.25, 0.3) is 0 Å². The van der Waals surface area contributed by atoms with Crippen molar-refractivity contribution in [3.8, 4) is 0 Å². The maximum Gasteiger partial charge on any atom is 0.0129 e. The molecule has 0 aromatic rings. The van der Waals surface area contributed by atoms with Crippen LogP contribution in [0.4, 0.5) is 0 Å². The average Bonchev–Trinajstić information content (AvgIpc) is 2.61. The van der Waals surface area contributed by atoms with Crippen molar-refractivity contribution in [1.82, 2.24) is 0 Å². The van der Waals surface area contributed by atoms with E-state index in [1.54, 1.807) is 5.57 Å². The van der Waals surface area contributed by atoms with E-state index < -0.39 is 0 Å². The monoisotopic (exact) mass is 610 g/mol. The van der Waals surface area contributed by atoms with Gasteiger partial charge in [0.15, 0.2) is 0 Å². The average molecular weight is 610 g/mol. The Morgan fingerprint density at radius 2 is 2.00 bits per heavy atom. The van der Waals surface area contributed by atoms with Crippen molar-refractivity contribution in [2.75, 3.05) is 8.86 Å². The molecule has 0 nitrogen and oxygen atoms in total. The molecule has 0 aromatic carbocycles. The molecule has 1 rings (SSSR count). The van der Waals surface area contributed by atoms with Crippen LogP contribution in [0.2, 0.25) is 0 Å². The van der Waals surface area contributed by atoms with Crippen molar-refractivity contribution in [2.45, 2.75) is 39.5 Å². The first kappa shape index (κ1) is 19.5. The quantitative estimate of drug-likeness (QED) is 0.164. The van der Waals surface area contributed by atoms with Crippen LogP contribution in [0, 0.1) is 17.3 Å². The molecule has 114 valence electrons. The molecular weight excluding hydrogens is 585 g/mol. The Balaban J connectivity index is 2.98. The lowest BCUT2D eigenvalue weighted by Crippen LogP contribution is -2.24. The number of halogens is 3. The summed E-state index contributed by atoms with van der Waals surface area (Å²) in [6.45, 7) is 8.71. The molecule has 0 spiro atoms. The largest absolute Gasteiger partial charge is 0.0990 e. The van der Waals surface area contributed by atoms with Gasteiger partial charge in [0, 0.05) is 3.58 Å². The molecule has 1 aliphatic rings. The van der Waals surface area contributed by atoms with Gasteiger partial charge in [-0.15, -0.1) is 0 Å². The second kappa shape index (κ2) is 9.53. The number of rotatable bonds is 7. The van der Waals surface area contributed by atoms with Crippen LogP contribution in [0.15, 0.2) is 34.0 Å². The van der Waals surface area contributed by atoms with E-state index in [4.69, 9.17) is 0 Å². The van der Waals surface area contributed by atoms with Crippen LogP contribution in [-0.2, 0) is 0 Å². The third kappa shape index (κ3) is 5.25. The summed E-state index contributed by atoms with van der Waals surface area (Å²) in [7, 11) is 0. The van der Waals surface area contributed by atoms with Gasteiger partial charge >= 0.3 is 0 Å². The molecule has 3 heteroatoms. The van der Waals surface area contributed by atoms with E-state index in [1.165, 1.54) is 38.1 Å². The summed E-state index contributed by atoms with van der Waals surface area (Å²) < 4.78 is 3.88. The standard InChI is InChI=1S/C17H25I3/c1-4-6-15(20)12-14-11-13(7-5-9-18)16(8-10-19)17(14,2)3/h4,6,12-13,16H,1,5,7-11H2,2-3H3/b14-12+,15-6+. The first-order valence-electron chi connectivity index (χ1n) is 7.28. The zero-order valence-electron chi connectivity index (χ0n) is 12.5. The predicted octanol–water partition coefficient (Wildman–Crippen LogP) is 7.12. The smallest absolute Gasteiger partial charge is 0.0129 e. The van der Waals surface area contributed by atoms with Crippen molar-refractivity contribution in [2.24, 2.45) is 17.3 Å². The fraction of sp³-hybridized carbons (Fsp3) is 0.647. The fourth-order valence-corrected chi connectivity index (χ4v) is 5.19. The Morgan fingerprint density at radius 1 is 1.30 bits per heavy atom. The van der Waals surface area contributed by atoms with E-state index in [0.717, 1.165) is 11.8 Å². The minimum absolute atomic E-state index is 0.354. The number of hydrogen-bond acceptors (Lipinski definition) is 0. The molecule has 0 heterocycles. The van der Waals surface area contributed by atoms with Crippen molar-refractivity contribution in [1.29, 1.82) is 0 Å². The normalized spacial score (nSPS) is 28.1. The van der Waals surface area contributed by atoms with Crippen LogP contribution in [0.5, 0.6) is 0 Å². The number of hydrogen-bond donors (Lipinski definition) is 0. The van der Waals surface area contributed by atoms with E-state index in [9.17, 15) is 0 Å². The molecule has 2 atom stereocenters. The predicted molar refractivity (Wildman–Crippen MR) is 117 cm³/mol. The zero-order chi connectivity index (χ0) is 15.2. The van der Waals surface area contributed by atoms with Gasteiger partial charge in [-0.25, -0.2) is 0 Å². The second-order valence-corrected chi connectivity index (χ2v) is 9.46. The van der Waals surface area contributed by atoms with Gasteiger partial charge in [0.05, 0.1) is 0 Å². The van der Waals surface area contributed by atoms with Crippen molar-refractivity contribution in [3.63, 3.8) is 0 Å². The van der Waals surface area contributed by atoms with Gasteiger partial charge in [-0.3, -0.25) is 0 Å². The Morgan fingerprint density at radius 3 is 2.55 bits per heavy atom. The highest BCUT2D eigenvalue weighted by molar-refractivity contribution is 14.1. The van der Waals surface area contributed by atoms with Crippen LogP contribution in [0.1, 0.15) is 39.5 Å². The highest BCUT2D eigenvalue weighted by Crippen LogP contribution is 2.54. The molecule has 0 bridgehead atoms. The minimum Gasteiger partial charge on any atom is -0.0990 e. The van der Waals surface area contributed by atoms with Gasteiger partial charge in [-0.1, -0.05) is 77.3 Å². The molecule has 0 amide bonds. The maximum absolute atomic E-state index is 3.80. The van der Waals surface area contributed by atoms with Crippen LogP contribution >= 0.6 is 67.8 Å². The summed E-state index contributed by atoms with van der Waals surface area (Å²) in [5.74, 6) is 1.73. The Hall–Kier alpha value is 1.41. The van der Waals surface area contributed by atoms with Gasteiger partial charge in [-0.2, -0.15) is 0 Å². The Kier molecular flexibility index (Phi) is 9.27. The van der Waals surface area contributed by atoms with Gasteiger partial charge in [0.1, 0.15) is 0 Å². The Labute approximate surface area is 165 Å². The van der Waals surface area contributed by atoms with E-state index in [1.807, 2.05) is 6.08 Å². The second-order valence-electron chi connectivity index (χ2n) is 6.06. The molecule has 0 radical (unpaired) electrons. The molecule has 0 aromatic heterocycles. The molecule has 1 fully saturated rings. The summed E-state index contributed by atoms with van der Waals surface area (Å²) in [5.41, 5.74) is 2.00. The fourth-order valence-electron chi connectivity index (χ4n) is 3.44. The summed E-state index contributed by atoms with van der Waals surface area (Å²) in [4.78, 5) is 0. The van der Waals surface area contributed by atoms with Gasteiger partial charge < -0.3 is 0 Å². The lowest BCUT2D eigenvalue weighted by molar-refractivity contribution is 0.227. The van der Waals surface area contributed by atoms with Crippen molar-refractivity contribution < 1.29 is 0 Å². The van der Waals surface area contributed by atoms with E-state index in [2.05, 4.69) is 100 Å². The van der Waals surface area contributed by atoms with Crippen LogP contribution in [0.25, 0.3) is 0 Å². The maximum atomic E-state index is 3.80. The third-order valence-corrected chi connectivity index (χ3v) is 6.58. The highest BCUT2D eigenvalue weighted by atomic mass is 127. The Bertz CT molecular complexity index is 380. The summed E-state index contributed by atoms with van der Waals surface area (Å²) in [5, 5.41) is 0. The number of allylic oxidation sites excluding steroid dienone is 5. The molecule has 1 saturated carbocycles. The SMILES string of the molecule is C=C/C=C(I)\C=C1/CC(CCCI)C(CCI)C1(C)C. The summed E-state index contributed by atoms with van der Waals surface area (Å²) in [6.07, 6.45) is 11.8. The van der Waals surface area contributed by atoms with Crippen LogP contribution < -0.4 is 0 Å². The molecule has 0 saturated heterocycles. The lowest BCUT2D eigenvalue weighted by atomic mass is 9.74. The van der Waals surface area contributed by atoms with Crippen LogP contribution in [0.3, 0.4) is 0 Å². The van der Waals surface area contributed by atoms with E-state index >= 15 is 0 Å². The molecular formula is C17H25I3. The van der Waals surface area contributed by atoms with Gasteiger partial charge in [-0.05, 0) is 86.5 Å². The minimum atomic E-state index is 0.354. The van der Waals surface area contributed by atoms with Crippen LogP contribution in [-0.4, -0.2) is 8.86 Å².